The predicted molar refractivity (Wildman–Crippen MR) is 104 cm³/mol. The molecule has 0 aromatic heterocycles. The number of amides is 1. The molecule has 3 rings (SSSR count). The van der Waals surface area contributed by atoms with Crippen LogP contribution in [0.1, 0.15) is 22.8 Å². The Balaban J connectivity index is 1.48. The van der Waals surface area contributed by atoms with Crippen LogP contribution in [0.3, 0.4) is 0 Å². The highest BCUT2D eigenvalue weighted by Gasteiger charge is 2.22. The Labute approximate surface area is 154 Å². The number of Topliss-reactive ketones (excluding diaryl/α,β-unsaturated/α-hetero) is 1. The highest BCUT2D eigenvalue weighted by atomic mass is 16.2. The van der Waals surface area contributed by atoms with E-state index < -0.39 is 0 Å². The van der Waals surface area contributed by atoms with Crippen molar-refractivity contribution in [2.75, 3.05) is 42.9 Å². The van der Waals surface area contributed by atoms with Gasteiger partial charge in [-0.3, -0.25) is 9.59 Å². The van der Waals surface area contributed by atoms with Gasteiger partial charge in [0, 0.05) is 16.9 Å². The summed E-state index contributed by atoms with van der Waals surface area (Å²) in [5.74, 6) is 0.147. The molecule has 136 valence electrons. The summed E-state index contributed by atoms with van der Waals surface area (Å²) in [5, 5.41) is 2.97. The number of aryl methyl sites for hydroxylation is 1. The van der Waals surface area contributed by atoms with Crippen LogP contribution < -0.4 is 15.1 Å². The number of quaternary nitrogens is 1. The van der Waals surface area contributed by atoms with Gasteiger partial charge in [-0.25, -0.2) is 0 Å². The number of ketones is 1. The minimum atomic E-state index is 0.0584. The highest BCUT2D eigenvalue weighted by Crippen LogP contribution is 2.15. The maximum atomic E-state index is 12.2. The molecule has 0 saturated carbocycles. The van der Waals surface area contributed by atoms with Crippen LogP contribution in [0.4, 0.5) is 11.4 Å². The zero-order valence-electron chi connectivity index (χ0n) is 15.4. The van der Waals surface area contributed by atoms with Crippen LogP contribution in [0.5, 0.6) is 0 Å². The van der Waals surface area contributed by atoms with Gasteiger partial charge in [-0.05, 0) is 50.2 Å². The smallest absolute Gasteiger partial charge is 0.279 e. The van der Waals surface area contributed by atoms with E-state index >= 15 is 0 Å². The quantitative estimate of drug-likeness (QED) is 0.803. The average molecular weight is 352 g/mol. The van der Waals surface area contributed by atoms with Crippen molar-refractivity contribution in [3.63, 3.8) is 0 Å². The van der Waals surface area contributed by atoms with Gasteiger partial charge in [0.25, 0.3) is 5.91 Å². The molecule has 1 amide bonds. The van der Waals surface area contributed by atoms with Crippen LogP contribution in [0.25, 0.3) is 0 Å². The monoisotopic (exact) mass is 352 g/mol. The van der Waals surface area contributed by atoms with E-state index in [0.717, 1.165) is 43.1 Å². The SMILES string of the molecule is CC(=O)c1ccc(N2CC[NH+](CC(=O)Nc3ccc(C)cc3)CC2)cc1. The Bertz CT molecular complexity index is 761. The molecule has 0 atom stereocenters. The number of carbonyl (C=O) groups is 2. The van der Waals surface area contributed by atoms with Crippen molar-refractivity contribution in [1.29, 1.82) is 0 Å². The van der Waals surface area contributed by atoms with Crippen molar-refractivity contribution < 1.29 is 14.5 Å². The molecule has 2 N–H and O–H groups in total. The maximum absolute atomic E-state index is 12.2. The lowest BCUT2D eigenvalue weighted by molar-refractivity contribution is -0.892. The lowest BCUT2D eigenvalue weighted by Gasteiger charge is -2.33. The number of nitrogens with one attached hydrogen (secondary N) is 2. The lowest BCUT2D eigenvalue weighted by Crippen LogP contribution is -3.15. The van der Waals surface area contributed by atoms with E-state index in [9.17, 15) is 9.59 Å². The molecule has 1 aliphatic heterocycles. The molecule has 1 aliphatic rings. The summed E-state index contributed by atoms with van der Waals surface area (Å²) in [4.78, 5) is 27.2. The molecule has 0 radical (unpaired) electrons. The molecule has 0 spiro atoms. The second-order valence-corrected chi connectivity index (χ2v) is 6.93. The summed E-state index contributed by atoms with van der Waals surface area (Å²) in [6.07, 6.45) is 0. The molecule has 5 heteroatoms. The number of rotatable bonds is 5. The number of carbonyl (C=O) groups excluding carboxylic acids is 2. The molecule has 5 nitrogen and oxygen atoms in total. The van der Waals surface area contributed by atoms with Crippen LogP contribution in [0.15, 0.2) is 48.5 Å². The van der Waals surface area contributed by atoms with E-state index in [1.807, 2.05) is 55.5 Å². The van der Waals surface area contributed by atoms with Gasteiger partial charge in [0.15, 0.2) is 12.3 Å². The van der Waals surface area contributed by atoms with Gasteiger partial charge < -0.3 is 15.1 Å². The summed E-state index contributed by atoms with van der Waals surface area (Å²) in [6.45, 7) is 7.78. The summed E-state index contributed by atoms with van der Waals surface area (Å²) in [7, 11) is 0. The van der Waals surface area contributed by atoms with Gasteiger partial charge in [-0.1, -0.05) is 17.7 Å². The van der Waals surface area contributed by atoms with Gasteiger partial charge in [-0.15, -0.1) is 0 Å². The highest BCUT2D eigenvalue weighted by molar-refractivity contribution is 5.94. The van der Waals surface area contributed by atoms with E-state index in [1.54, 1.807) is 6.92 Å². The van der Waals surface area contributed by atoms with Crippen LogP contribution in [-0.2, 0) is 4.79 Å². The number of piperazine rings is 1. The first-order valence-electron chi connectivity index (χ1n) is 9.07. The van der Waals surface area contributed by atoms with Crippen LogP contribution >= 0.6 is 0 Å². The Morgan fingerprint density at radius 2 is 1.62 bits per heavy atom. The fourth-order valence-corrected chi connectivity index (χ4v) is 3.23. The van der Waals surface area contributed by atoms with Crippen molar-refractivity contribution in [3.05, 3.63) is 59.7 Å². The number of anilines is 2. The van der Waals surface area contributed by atoms with Gasteiger partial charge in [0.05, 0.1) is 26.2 Å². The molecule has 0 aliphatic carbocycles. The summed E-state index contributed by atoms with van der Waals surface area (Å²) in [6, 6.07) is 15.6. The largest absolute Gasteiger partial charge is 0.360 e. The fourth-order valence-electron chi connectivity index (χ4n) is 3.23. The van der Waals surface area contributed by atoms with E-state index in [1.165, 1.54) is 10.5 Å². The maximum Gasteiger partial charge on any atom is 0.279 e. The minimum Gasteiger partial charge on any atom is -0.360 e. The molecule has 26 heavy (non-hydrogen) atoms. The fraction of sp³-hybridized carbons (Fsp3) is 0.333. The van der Waals surface area contributed by atoms with Gasteiger partial charge >= 0.3 is 0 Å². The van der Waals surface area contributed by atoms with E-state index in [0.29, 0.717) is 6.54 Å². The normalized spacial score (nSPS) is 14.9. The van der Waals surface area contributed by atoms with Crippen molar-refractivity contribution in [1.82, 2.24) is 0 Å². The molecule has 1 heterocycles. The Morgan fingerprint density at radius 3 is 2.19 bits per heavy atom. The molecule has 0 bridgehead atoms. The van der Waals surface area contributed by atoms with Crippen molar-refractivity contribution in [2.45, 2.75) is 13.8 Å². The van der Waals surface area contributed by atoms with Crippen LogP contribution in [0.2, 0.25) is 0 Å². The number of hydrogen-bond acceptors (Lipinski definition) is 3. The molecular formula is C21H26N3O2+. The first-order chi connectivity index (χ1) is 12.5. The predicted octanol–water partition coefficient (Wildman–Crippen LogP) is 1.54. The first kappa shape index (κ1) is 18.1. The molecule has 2 aromatic carbocycles. The van der Waals surface area contributed by atoms with E-state index in [2.05, 4.69) is 10.2 Å². The van der Waals surface area contributed by atoms with Gasteiger partial charge in [-0.2, -0.15) is 0 Å². The average Bonchev–Trinajstić information content (AvgIpc) is 2.64. The molecule has 1 saturated heterocycles. The van der Waals surface area contributed by atoms with E-state index in [-0.39, 0.29) is 11.7 Å². The first-order valence-corrected chi connectivity index (χ1v) is 9.07. The number of hydrogen-bond donors (Lipinski definition) is 2. The molecular weight excluding hydrogens is 326 g/mol. The topological polar surface area (TPSA) is 53.9 Å². The second kappa shape index (κ2) is 8.15. The molecule has 1 fully saturated rings. The third-order valence-corrected chi connectivity index (χ3v) is 4.86. The lowest BCUT2D eigenvalue weighted by atomic mass is 10.1. The summed E-state index contributed by atoms with van der Waals surface area (Å²) >= 11 is 0. The van der Waals surface area contributed by atoms with Crippen LogP contribution in [0, 0.1) is 6.92 Å². The molecule has 2 aromatic rings. The van der Waals surface area contributed by atoms with Crippen LogP contribution in [-0.4, -0.2) is 44.4 Å². The van der Waals surface area contributed by atoms with Crippen molar-refractivity contribution in [2.24, 2.45) is 0 Å². The third kappa shape index (κ3) is 4.70. The summed E-state index contributed by atoms with van der Waals surface area (Å²) < 4.78 is 0. The summed E-state index contributed by atoms with van der Waals surface area (Å²) in [5.41, 5.74) is 3.91. The zero-order valence-corrected chi connectivity index (χ0v) is 15.4. The third-order valence-electron chi connectivity index (χ3n) is 4.86. The van der Waals surface area contributed by atoms with Gasteiger partial charge in [0.2, 0.25) is 0 Å². The van der Waals surface area contributed by atoms with Gasteiger partial charge in [0.1, 0.15) is 0 Å². The van der Waals surface area contributed by atoms with Crippen molar-refractivity contribution >= 4 is 23.1 Å². The number of nitrogens with zero attached hydrogens (tertiary/aromatic N) is 1. The Kier molecular flexibility index (Phi) is 5.68. The minimum absolute atomic E-state index is 0.0584. The second-order valence-electron chi connectivity index (χ2n) is 6.93. The Hall–Kier alpha value is -2.66. The van der Waals surface area contributed by atoms with E-state index in [4.69, 9.17) is 0 Å². The Morgan fingerprint density at radius 1 is 1.00 bits per heavy atom. The standard InChI is InChI=1S/C21H25N3O2/c1-16-3-7-19(8-4-16)22-21(26)15-23-11-13-24(14-12-23)20-9-5-18(6-10-20)17(2)25/h3-10H,11-15H2,1-2H3,(H,22,26)/p+1. The van der Waals surface area contributed by atoms with Crippen molar-refractivity contribution in [3.8, 4) is 0 Å². The number of benzene rings is 2. The zero-order chi connectivity index (χ0) is 18.5. The molecule has 0 unspecified atom stereocenters.